The monoisotopic (exact) mass is 342 g/mol. The number of esters is 1. The zero-order valence-corrected chi connectivity index (χ0v) is 14.5. The number of nitrogens with one attached hydrogen (secondary N) is 1. The highest BCUT2D eigenvalue weighted by molar-refractivity contribution is 5.88. The maximum absolute atomic E-state index is 12.0. The molecule has 6 nitrogen and oxygen atoms in total. The number of aromatic nitrogens is 1. The number of fused-ring (bicyclic) bond motifs is 1. The topological polar surface area (TPSA) is 81.4 Å². The van der Waals surface area contributed by atoms with Gasteiger partial charge in [-0.1, -0.05) is 23.4 Å². The highest BCUT2D eigenvalue weighted by atomic mass is 16.6. The molecule has 0 aliphatic heterocycles. The lowest BCUT2D eigenvalue weighted by Gasteiger charge is -2.20. The minimum Gasteiger partial charge on any atom is -0.450 e. The van der Waals surface area contributed by atoms with E-state index in [-0.39, 0.29) is 24.3 Å². The van der Waals surface area contributed by atoms with Gasteiger partial charge in [0.25, 0.3) is 5.91 Å². The SMILES string of the molecule is Cc1cc(C(=O)OCC(=O)N[C@@H](C)c2ccc3c(c2)CCCC3)on1. The second-order valence-corrected chi connectivity index (χ2v) is 6.43. The summed E-state index contributed by atoms with van der Waals surface area (Å²) in [5, 5.41) is 6.46. The molecular formula is C19H22N2O4. The van der Waals surface area contributed by atoms with Gasteiger partial charge in [-0.3, -0.25) is 4.79 Å². The smallest absolute Gasteiger partial charge is 0.377 e. The van der Waals surface area contributed by atoms with Crippen LogP contribution in [0.1, 0.15) is 58.7 Å². The minimum absolute atomic E-state index is 0.00645. The molecule has 1 aliphatic carbocycles. The number of carbonyl (C=O) groups is 2. The van der Waals surface area contributed by atoms with Crippen LogP contribution in [-0.2, 0) is 22.4 Å². The molecule has 0 unspecified atom stereocenters. The van der Waals surface area contributed by atoms with E-state index < -0.39 is 5.97 Å². The number of ether oxygens (including phenoxy) is 1. The van der Waals surface area contributed by atoms with Crippen LogP contribution in [0.4, 0.5) is 0 Å². The lowest BCUT2D eigenvalue weighted by atomic mass is 9.89. The first-order valence-corrected chi connectivity index (χ1v) is 8.54. The molecule has 2 aromatic rings. The highest BCUT2D eigenvalue weighted by Gasteiger charge is 2.17. The van der Waals surface area contributed by atoms with Crippen molar-refractivity contribution in [1.29, 1.82) is 0 Å². The molecule has 1 N–H and O–H groups in total. The van der Waals surface area contributed by atoms with Crippen molar-refractivity contribution in [2.24, 2.45) is 0 Å². The minimum atomic E-state index is -0.697. The molecule has 25 heavy (non-hydrogen) atoms. The predicted molar refractivity (Wildman–Crippen MR) is 91.2 cm³/mol. The molecule has 6 heteroatoms. The van der Waals surface area contributed by atoms with E-state index in [4.69, 9.17) is 9.26 Å². The first-order chi connectivity index (χ1) is 12.0. The van der Waals surface area contributed by atoms with E-state index >= 15 is 0 Å². The molecule has 0 saturated heterocycles. The van der Waals surface area contributed by atoms with Gasteiger partial charge in [0.1, 0.15) is 0 Å². The van der Waals surface area contributed by atoms with Crippen molar-refractivity contribution in [3.63, 3.8) is 0 Å². The van der Waals surface area contributed by atoms with Crippen molar-refractivity contribution < 1.29 is 18.8 Å². The molecule has 0 spiro atoms. The molecule has 0 radical (unpaired) electrons. The molecule has 132 valence electrons. The van der Waals surface area contributed by atoms with Crippen LogP contribution >= 0.6 is 0 Å². The zero-order valence-electron chi connectivity index (χ0n) is 14.5. The van der Waals surface area contributed by atoms with Gasteiger partial charge in [0.15, 0.2) is 6.61 Å². The molecule has 1 aromatic carbocycles. The number of aryl methyl sites for hydroxylation is 3. The Morgan fingerprint density at radius 3 is 2.72 bits per heavy atom. The van der Waals surface area contributed by atoms with Crippen LogP contribution in [0.5, 0.6) is 0 Å². The first kappa shape index (κ1) is 17.2. The third-order valence-corrected chi connectivity index (χ3v) is 4.41. The molecule has 0 saturated carbocycles. The summed E-state index contributed by atoms with van der Waals surface area (Å²) in [6, 6.07) is 7.70. The molecule has 0 bridgehead atoms. The van der Waals surface area contributed by atoms with Crippen LogP contribution in [0.2, 0.25) is 0 Å². The number of rotatable bonds is 5. The molecule has 1 amide bonds. The van der Waals surface area contributed by atoms with Gasteiger partial charge in [-0.25, -0.2) is 4.79 Å². The van der Waals surface area contributed by atoms with E-state index in [2.05, 4.69) is 28.7 Å². The van der Waals surface area contributed by atoms with E-state index in [0.29, 0.717) is 5.69 Å². The first-order valence-electron chi connectivity index (χ1n) is 8.54. The standard InChI is InChI=1S/C19H22N2O4/c1-12-9-17(25-21-12)19(23)24-11-18(22)20-13(2)15-8-7-14-5-3-4-6-16(14)10-15/h7-10,13H,3-6,11H2,1-2H3,(H,20,22)/t13-/m0/s1. The van der Waals surface area contributed by atoms with Gasteiger partial charge in [-0.2, -0.15) is 0 Å². The van der Waals surface area contributed by atoms with Gasteiger partial charge in [-0.05, 0) is 56.2 Å². The van der Waals surface area contributed by atoms with Gasteiger partial charge >= 0.3 is 5.97 Å². The van der Waals surface area contributed by atoms with Crippen LogP contribution < -0.4 is 5.32 Å². The van der Waals surface area contributed by atoms with E-state index in [0.717, 1.165) is 18.4 Å². The summed E-state index contributed by atoms with van der Waals surface area (Å²) < 4.78 is 9.75. The number of benzene rings is 1. The number of hydrogen-bond donors (Lipinski definition) is 1. The normalized spacial score (nSPS) is 14.5. The van der Waals surface area contributed by atoms with Crippen molar-refractivity contribution in [1.82, 2.24) is 10.5 Å². The van der Waals surface area contributed by atoms with E-state index in [1.807, 2.05) is 6.92 Å². The lowest BCUT2D eigenvalue weighted by Crippen LogP contribution is -2.31. The Hall–Kier alpha value is -2.63. The van der Waals surface area contributed by atoms with Gasteiger partial charge in [0, 0.05) is 6.07 Å². The number of hydrogen-bond acceptors (Lipinski definition) is 5. The molecule has 1 heterocycles. The Balaban J connectivity index is 1.53. The van der Waals surface area contributed by atoms with Crippen molar-refractivity contribution in [2.75, 3.05) is 6.61 Å². The summed E-state index contributed by atoms with van der Waals surface area (Å²) in [6.45, 7) is 3.27. The van der Waals surface area contributed by atoms with E-state index in [1.165, 1.54) is 30.0 Å². The fourth-order valence-corrected chi connectivity index (χ4v) is 3.05. The molecule has 0 fully saturated rings. The van der Waals surface area contributed by atoms with Gasteiger partial charge < -0.3 is 14.6 Å². The number of amides is 1. The third kappa shape index (κ3) is 4.26. The zero-order chi connectivity index (χ0) is 17.8. The molecule has 3 rings (SSSR count). The van der Waals surface area contributed by atoms with Crippen LogP contribution in [-0.4, -0.2) is 23.6 Å². The summed E-state index contributed by atoms with van der Waals surface area (Å²) in [5.74, 6) is -1.06. The number of carbonyl (C=O) groups excluding carboxylic acids is 2. The van der Waals surface area contributed by atoms with Crippen LogP contribution in [0.25, 0.3) is 0 Å². The quantitative estimate of drug-likeness (QED) is 0.845. The lowest BCUT2D eigenvalue weighted by molar-refractivity contribution is -0.124. The number of nitrogens with zero attached hydrogens (tertiary/aromatic N) is 1. The molecule has 1 aromatic heterocycles. The third-order valence-electron chi connectivity index (χ3n) is 4.41. The molecular weight excluding hydrogens is 320 g/mol. The summed E-state index contributed by atoms with van der Waals surface area (Å²) in [7, 11) is 0. The van der Waals surface area contributed by atoms with Gasteiger partial charge in [0.05, 0.1) is 11.7 Å². The van der Waals surface area contributed by atoms with Crippen LogP contribution in [0, 0.1) is 6.92 Å². The largest absolute Gasteiger partial charge is 0.450 e. The van der Waals surface area contributed by atoms with Crippen molar-refractivity contribution in [3.8, 4) is 0 Å². The average Bonchev–Trinajstić information content (AvgIpc) is 3.05. The van der Waals surface area contributed by atoms with Crippen molar-refractivity contribution in [2.45, 2.75) is 45.6 Å². The summed E-state index contributed by atoms with van der Waals surface area (Å²) in [4.78, 5) is 23.8. The molecule has 1 atom stereocenters. The van der Waals surface area contributed by atoms with Gasteiger partial charge in [-0.15, -0.1) is 0 Å². The fraction of sp³-hybridized carbons (Fsp3) is 0.421. The maximum Gasteiger partial charge on any atom is 0.377 e. The van der Waals surface area contributed by atoms with Gasteiger partial charge in [0.2, 0.25) is 5.76 Å². The average molecular weight is 342 g/mol. The van der Waals surface area contributed by atoms with Crippen molar-refractivity contribution >= 4 is 11.9 Å². The summed E-state index contributed by atoms with van der Waals surface area (Å²) in [5.41, 5.74) is 4.42. The maximum atomic E-state index is 12.0. The Labute approximate surface area is 146 Å². The summed E-state index contributed by atoms with van der Waals surface area (Å²) in [6.07, 6.45) is 4.69. The van der Waals surface area contributed by atoms with Crippen LogP contribution in [0.15, 0.2) is 28.8 Å². The Morgan fingerprint density at radius 1 is 1.24 bits per heavy atom. The Morgan fingerprint density at radius 2 is 2.00 bits per heavy atom. The fourth-order valence-electron chi connectivity index (χ4n) is 3.05. The molecule has 1 aliphatic rings. The van der Waals surface area contributed by atoms with E-state index in [9.17, 15) is 9.59 Å². The Bertz CT molecular complexity index is 781. The van der Waals surface area contributed by atoms with Crippen molar-refractivity contribution in [3.05, 3.63) is 52.4 Å². The van der Waals surface area contributed by atoms with E-state index in [1.54, 1.807) is 6.92 Å². The predicted octanol–water partition coefficient (Wildman–Crippen LogP) is 2.90. The summed E-state index contributed by atoms with van der Waals surface area (Å²) >= 11 is 0. The Kier molecular flexibility index (Phi) is 5.16. The second kappa shape index (κ2) is 7.51. The highest BCUT2D eigenvalue weighted by Crippen LogP contribution is 2.24. The second-order valence-electron chi connectivity index (χ2n) is 6.43. The van der Waals surface area contributed by atoms with Crippen LogP contribution in [0.3, 0.4) is 0 Å².